The molecule has 0 aromatic heterocycles. The van der Waals surface area contributed by atoms with E-state index in [0.717, 1.165) is 22.4 Å². The highest BCUT2D eigenvalue weighted by Gasteiger charge is 2.35. The van der Waals surface area contributed by atoms with Gasteiger partial charge in [0.15, 0.2) is 5.11 Å². The molecule has 3 rings (SSSR count). The molecule has 0 bridgehead atoms. The fourth-order valence-electron chi connectivity index (χ4n) is 3.47. The van der Waals surface area contributed by atoms with Gasteiger partial charge in [0.2, 0.25) is 0 Å². The topological polar surface area (TPSA) is 58.6 Å². The first kappa shape index (κ1) is 23.0. The number of hydrogen-bond donors (Lipinski definition) is 1. The highest BCUT2D eigenvalue weighted by molar-refractivity contribution is 7.80. The molecule has 2 aromatic rings. The van der Waals surface area contributed by atoms with Crippen molar-refractivity contribution in [3.63, 3.8) is 0 Å². The van der Waals surface area contributed by atoms with Gasteiger partial charge in [0.25, 0.3) is 11.8 Å². The van der Waals surface area contributed by atoms with Crippen LogP contribution < -0.4 is 15.0 Å². The summed E-state index contributed by atoms with van der Waals surface area (Å²) in [5.41, 5.74) is 3.95. The smallest absolute Gasteiger partial charge is 0.270 e. The minimum absolute atomic E-state index is 0.00921. The van der Waals surface area contributed by atoms with Gasteiger partial charge in [0.05, 0.1) is 12.3 Å². The number of amides is 2. The van der Waals surface area contributed by atoms with Crippen LogP contribution in [0.4, 0.5) is 5.69 Å². The number of halogens is 1. The Bertz CT molecular complexity index is 1110. The second-order valence-electron chi connectivity index (χ2n) is 7.68. The molecule has 0 radical (unpaired) electrons. The molecule has 2 amide bonds. The number of hydrogen-bond acceptors (Lipinski definition) is 4. The number of aryl methyl sites for hydroxylation is 1. The van der Waals surface area contributed by atoms with E-state index in [0.29, 0.717) is 22.9 Å². The molecule has 1 fully saturated rings. The summed E-state index contributed by atoms with van der Waals surface area (Å²) in [6.45, 7) is 10.4. The third kappa shape index (κ3) is 4.50. The lowest BCUT2D eigenvalue weighted by Crippen LogP contribution is -2.54. The molecule has 0 unspecified atom stereocenters. The van der Waals surface area contributed by atoms with Crippen LogP contribution in [0.2, 0.25) is 5.02 Å². The Morgan fingerprint density at radius 2 is 1.94 bits per heavy atom. The molecule has 1 aliphatic rings. The number of thiocarbonyl (C=S) groups is 1. The molecule has 0 saturated carbocycles. The Hall–Kier alpha value is -2.70. The lowest BCUT2D eigenvalue weighted by molar-refractivity contribution is -0.122. The number of ether oxygens (including phenoxy) is 1. The van der Waals surface area contributed by atoms with E-state index in [2.05, 4.69) is 19.2 Å². The standard InChI is InChI=1S/C24H25ClN2O3S/c1-6-30-21-10-14(4)16(11-17(21)13(2)3)12-18-22(28)26-24(31)27(23(18)29)20-9-7-8-19(25)15(20)5/h7-13H,6H2,1-5H3,(H,26,28,31)/b18-12+. The normalized spacial score (nSPS) is 15.6. The quantitative estimate of drug-likeness (QED) is 0.376. The Morgan fingerprint density at radius 1 is 1.23 bits per heavy atom. The largest absolute Gasteiger partial charge is 0.494 e. The Labute approximate surface area is 193 Å². The maximum absolute atomic E-state index is 13.4. The van der Waals surface area contributed by atoms with Gasteiger partial charge < -0.3 is 4.74 Å². The fraction of sp³-hybridized carbons (Fsp3) is 0.292. The number of anilines is 1. The minimum atomic E-state index is -0.523. The van der Waals surface area contributed by atoms with E-state index in [4.69, 9.17) is 28.6 Å². The van der Waals surface area contributed by atoms with Crippen molar-refractivity contribution >= 4 is 52.5 Å². The number of rotatable bonds is 5. The summed E-state index contributed by atoms with van der Waals surface area (Å²) >= 11 is 11.5. The molecule has 162 valence electrons. The van der Waals surface area contributed by atoms with Crippen LogP contribution in [0, 0.1) is 13.8 Å². The highest BCUT2D eigenvalue weighted by atomic mass is 35.5. The third-order valence-corrected chi connectivity index (χ3v) is 5.90. The lowest BCUT2D eigenvalue weighted by Gasteiger charge is -2.30. The molecule has 7 heteroatoms. The summed E-state index contributed by atoms with van der Waals surface area (Å²) in [6, 6.07) is 9.15. The number of nitrogens with zero attached hydrogens (tertiary/aromatic N) is 1. The summed E-state index contributed by atoms with van der Waals surface area (Å²) in [5, 5.41) is 3.17. The molecular formula is C24H25ClN2O3S. The molecule has 0 aliphatic carbocycles. The van der Waals surface area contributed by atoms with Crippen LogP contribution in [0.5, 0.6) is 5.75 Å². The van der Waals surface area contributed by atoms with Crippen LogP contribution in [-0.2, 0) is 9.59 Å². The van der Waals surface area contributed by atoms with Gasteiger partial charge in [-0.1, -0.05) is 31.5 Å². The molecule has 1 N–H and O–H groups in total. The van der Waals surface area contributed by atoms with Gasteiger partial charge >= 0.3 is 0 Å². The van der Waals surface area contributed by atoms with Crippen molar-refractivity contribution in [2.45, 2.75) is 40.5 Å². The van der Waals surface area contributed by atoms with Crippen molar-refractivity contribution in [3.8, 4) is 5.75 Å². The number of benzene rings is 2. The first-order chi connectivity index (χ1) is 14.6. The van der Waals surface area contributed by atoms with Gasteiger partial charge in [-0.2, -0.15) is 0 Å². The first-order valence-corrected chi connectivity index (χ1v) is 10.9. The van der Waals surface area contributed by atoms with Gasteiger partial charge in [-0.15, -0.1) is 0 Å². The summed E-state index contributed by atoms with van der Waals surface area (Å²) in [7, 11) is 0. The van der Waals surface area contributed by atoms with Crippen molar-refractivity contribution < 1.29 is 14.3 Å². The average Bonchev–Trinajstić information content (AvgIpc) is 2.69. The van der Waals surface area contributed by atoms with Gasteiger partial charge in [0, 0.05) is 5.02 Å². The van der Waals surface area contributed by atoms with Crippen LogP contribution in [0.3, 0.4) is 0 Å². The molecule has 31 heavy (non-hydrogen) atoms. The number of carbonyl (C=O) groups excluding carboxylic acids is 2. The number of carbonyl (C=O) groups is 2. The zero-order valence-corrected chi connectivity index (χ0v) is 19.8. The Balaban J connectivity index is 2.10. The van der Waals surface area contributed by atoms with Crippen LogP contribution >= 0.6 is 23.8 Å². The first-order valence-electron chi connectivity index (χ1n) is 10.1. The van der Waals surface area contributed by atoms with Crippen LogP contribution in [-0.4, -0.2) is 23.5 Å². The van der Waals surface area contributed by atoms with Gasteiger partial charge in [-0.3, -0.25) is 19.8 Å². The number of nitrogens with one attached hydrogen (secondary N) is 1. The van der Waals surface area contributed by atoms with Crippen molar-refractivity contribution in [2.75, 3.05) is 11.5 Å². The lowest BCUT2D eigenvalue weighted by atomic mass is 9.94. The molecule has 5 nitrogen and oxygen atoms in total. The summed E-state index contributed by atoms with van der Waals surface area (Å²) < 4.78 is 5.77. The predicted octanol–water partition coefficient (Wildman–Crippen LogP) is 5.31. The molecular weight excluding hydrogens is 432 g/mol. The van der Waals surface area contributed by atoms with Crippen molar-refractivity contribution in [2.24, 2.45) is 0 Å². The van der Waals surface area contributed by atoms with E-state index in [1.165, 1.54) is 4.90 Å². The molecule has 1 saturated heterocycles. The summed E-state index contributed by atoms with van der Waals surface area (Å²) in [6.07, 6.45) is 1.61. The van der Waals surface area contributed by atoms with Gasteiger partial charge in [0.1, 0.15) is 11.3 Å². The highest BCUT2D eigenvalue weighted by Crippen LogP contribution is 2.33. The second kappa shape index (κ2) is 9.20. The zero-order valence-electron chi connectivity index (χ0n) is 18.2. The van der Waals surface area contributed by atoms with Crippen molar-refractivity contribution in [1.82, 2.24) is 5.32 Å². The average molecular weight is 457 g/mol. The third-order valence-electron chi connectivity index (χ3n) is 5.20. The van der Waals surface area contributed by atoms with Gasteiger partial charge in [-0.05, 0) is 91.5 Å². The van der Waals surface area contributed by atoms with Crippen LogP contribution in [0.15, 0.2) is 35.9 Å². The van der Waals surface area contributed by atoms with Crippen molar-refractivity contribution in [3.05, 3.63) is 63.2 Å². The molecule has 0 atom stereocenters. The summed E-state index contributed by atoms with van der Waals surface area (Å²) in [4.78, 5) is 27.4. The molecule has 1 aliphatic heterocycles. The van der Waals surface area contributed by atoms with Crippen LogP contribution in [0.25, 0.3) is 6.08 Å². The SMILES string of the molecule is CCOc1cc(C)c(/C=C2\C(=O)NC(=S)N(c3cccc(Cl)c3C)C2=O)cc1C(C)C. The molecule has 1 heterocycles. The maximum atomic E-state index is 13.4. The van der Waals surface area contributed by atoms with Crippen molar-refractivity contribution in [1.29, 1.82) is 0 Å². The van der Waals surface area contributed by atoms with E-state index in [1.54, 1.807) is 31.2 Å². The van der Waals surface area contributed by atoms with Gasteiger partial charge in [-0.25, -0.2) is 0 Å². The summed E-state index contributed by atoms with van der Waals surface area (Å²) in [5.74, 6) is 0.0195. The maximum Gasteiger partial charge on any atom is 0.270 e. The zero-order chi connectivity index (χ0) is 22.9. The minimum Gasteiger partial charge on any atom is -0.494 e. The van der Waals surface area contributed by atoms with E-state index in [1.807, 2.05) is 26.0 Å². The van der Waals surface area contributed by atoms with E-state index in [-0.39, 0.29) is 16.6 Å². The van der Waals surface area contributed by atoms with Crippen LogP contribution in [0.1, 0.15) is 48.9 Å². The predicted molar refractivity (Wildman–Crippen MR) is 129 cm³/mol. The molecule has 2 aromatic carbocycles. The Morgan fingerprint density at radius 3 is 2.58 bits per heavy atom. The van der Waals surface area contributed by atoms with E-state index < -0.39 is 11.8 Å². The van der Waals surface area contributed by atoms with E-state index in [9.17, 15) is 9.59 Å². The second-order valence-corrected chi connectivity index (χ2v) is 8.47. The fourth-order valence-corrected chi connectivity index (χ4v) is 3.92. The monoisotopic (exact) mass is 456 g/mol. The van der Waals surface area contributed by atoms with E-state index >= 15 is 0 Å². The molecule has 0 spiro atoms. The Kier molecular flexibility index (Phi) is 6.82.